The van der Waals surface area contributed by atoms with Gasteiger partial charge in [-0.1, -0.05) is 17.7 Å². The number of pyridine rings is 2. The van der Waals surface area contributed by atoms with E-state index in [2.05, 4.69) is 21.0 Å². The number of hydrogen-bond acceptors (Lipinski definition) is 7. The van der Waals surface area contributed by atoms with Crippen LogP contribution in [0.1, 0.15) is 11.1 Å². The van der Waals surface area contributed by atoms with Gasteiger partial charge >= 0.3 is 0 Å². The highest BCUT2D eigenvalue weighted by Crippen LogP contribution is 2.38. The number of H-pyrrole nitrogens is 1. The van der Waals surface area contributed by atoms with E-state index in [1.165, 1.54) is 20.4 Å². The van der Waals surface area contributed by atoms with Gasteiger partial charge in [0.15, 0.2) is 11.4 Å². The molecule has 0 unspecified atom stereocenters. The predicted octanol–water partition coefficient (Wildman–Crippen LogP) is 4.01. The fraction of sp³-hybridized carbons (Fsp3) is 0.125. The number of aromatic amines is 1. The zero-order valence-electron chi connectivity index (χ0n) is 18.5. The van der Waals surface area contributed by atoms with Crippen molar-refractivity contribution in [3.63, 3.8) is 0 Å². The van der Waals surface area contributed by atoms with Crippen LogP contribution in [0.2, 0.25) is 0 Å². The lowest BCUT2D eigenvalue weighted by Crippen LogP contribution is -2.14. The van der Waals surface area contributed by atoms with Gasteiger partial charge in [0.05, 0.1) is 42.0 Å². The first kappa shape index (κ1) is 21.5. The Morgan fingerprint density at radius 1 is 1.09 bits per heavy atom. The highest BCUT2D eigenvalue weighted by Gasteiger charge is 2.27. The molecule has 0 aliphatic carbocycles. The average molecular weight is 474 g/mol. The molecule has 1 aromatic carbocycles. The van der Waals surface area contributed by atoms with Crippen LogP contribution < -0.4 is 9.47 Å². The molecule has 0 atom stereocenters. The first-order chi connectivity index (χ1) is 16.4. The molecule has 1 N–H and O–H groups in total. The van der Waals surface area contributed by atoms with Crippen LogP contribution in [0.4, 0.5) is 0 Å². The monoisotopic (exact) mass is 473 g/mol. The molecule has 10 heteroatoms. The highest BCUT2D eigenvalue weighted by atomic mass is 32.2. The van der Waals surface area contributed by atoms with Gasteiger partial charge in [0.1, 0.15) is 5.52 Å². The minimum atomic E-state index is -4.07. The number of aromatic nitrogens is 4. The van der Waals surface area contributed by atoms with Gasteiger partial charge in [0.2, 0.25) is 0 Å². The molecule has 34 heavy (non-hydrogen) atoms. The average Bonchev–Trinajstić information content (AvgIpc) is 3.44. The van der Waals surface area contributed by atoms with Crippen LogP contribution in [0.5, 0.6) is 11.6 Å². The Bertz CT molecular complexity index is 1710. The second-order valence-electron chi connectivity index (χ2n) is 7.62. The fourth-order valence-corrected chi connectivity index (χ4v) is 5.39. The van der Waals surface area contributed by atoms with Gasteiger partial charge in [-0.15, -0.1) is 0 Å². The molecule has 5 aromatic rings. The van der Waals surface area contributed by atoms with Gasteiger partial charge < -0.3 is 14.5 Å². The first-order valence-corrected chi connectivity index (χ1v) is 11.7. The van der Waals surface area contributed by atoms with Crippen molar-refractivity contribution in [1.29, 1.82) is 5.26 Å². The predicted molar refractivity (Wildman–Crippen MR) is 126 cm³/mol. The van der Waals surface area contributed by atoms with Crippen LogP contribution in [0.15, 0.2) is 59.8 Å². The van der Waals surface area contributed by atoms with Gasteiger partial charge in [-0.05, 0) is 31.2 Å². The van der Waals surface area contributed by atoms with Crippen molar-refractivity contribution >= 4 is 32.1 Å². The molecule has 4 heterocycles. The van der Waals surface area contributed by atoms with E-state index in [0.717, 1.165) is 9.54 Å². The third-order valence-corrected chi connectivity index (χ3v) is 7.33. The summed E-state index contributed by atoms with van der Waals surface area (Å²) in [4.78, 5) is 12.1. The molecule has 0 fully saturated rings. The van der Waals surface area contributed by atoms with Crippen molar-refractivity contribution in [1.82, 2.24) is 18.9 Å². The summed E-state index contributed by atoms with van der Waals surface area (Å²) in [5.74, 6) is 0.695. The minimum Gasteiger partial charge on any atom is -0.491 e. The normalized spacial score (nSPS) is 11.6. The largest absolute Gasteiger partial charge is 0.491 e. The molecule has 0 saturated heterocycles. The van der Waals surface area contributed by atoms with Gasteiger partial charge in [0, 0.05) is 29.4 Å². The lowest BCUT2D eigenvalue weighted by atomic mass is 10.1. The van der Waals surface area contributed by atoms with Crippen LogP contribution in [-0.2, 0) is 10.0 Å². The van der Waals surface area contributed by atoms with Crippen LogP contribution >= 0.6 is 0 Å². The summed E-state index contributed by atoms with van der Waals surface area (Å²) in [6.07, 6.45) is 3.09. The van der Waals surface area contributed by atoms with E-state index in [1.54, 1.807) is 48.7 Å². The van der Waals surface area contributed by atoms with Gasteiger partial charge in [-0.25, -0.2) is 22.4 Å². The van der Waals surface area contributed by atoms with Crippen molar-refractivity contribution in [2.24, 2.45) is 0 Å². The summed E-state index contributed by atoms with van der Waals surface area (Å²) >= 11 is 0. The van der Waals surface area contributed by atoms with E-state index in [-0.39, 0.29) is 16.4 Å². The van der Waals surface area contributed by atoms with Crippen LogP contribution in [-0.4, -0.2) is 41.6 Å². The molecule has 5 rings (SSSR count). The van der Waals surface area contributed by atoms with E-state index >= 15 is 0 Å². The molecule has 0 aliphatic heterocycles. The Hall–Kier alpha value is -4.36. The summed E-state index contributed by atoms with van der Waals surface area (Å²) in [6, 6.07) is 13.6. The molecule has 0 aliphatic rings. The number of rotatable bonds is 5. The SMILES string of the molecule is COc1cc2[nH]cc(-c3cc4c(C#N)ccnc4n3S(=O)(=O)c3ccc(C)cc3)c2nc1OC. The van der Waals surface area contributed by atoms with Gasteiger partial charge in [-0.2, -0.15) is 5.26 Å². The Balaban J connectivity index is 1.87. The quantitative estimate of drug-likeness (QED) is 0.409. The van der Waals surface area contributed by atoms with Gasteiger partial charge in [-0.3, -0.25) is 0 Å². The molecule has 4 aromatic heterocycles. The van der Waals surface area contributed by atoms with Crippen molar-refractivity contribution in [2.75, 3.05) is 14.2 Å². The van der Waals surface area contributed by atoms with Gasteiger partial charge in [0.25, 0.3) is 15.9 Å². The molecular weight excluding hydrogens is 454 g/mol. The maximum absolute atomic E-state index is 13.9. The number of aryl methyl sites for hydroxylation is 1. The zero-order chi connectivity index (χ0) is 24.0. The number of hydrogen-bond donors (Lipinski definition) is 1. The number of ether oxygens (including phenoxy) is 2. The molecule has 0 saturated carbocycles. The lowest BCUT2D eigenvalue weighted by molar-refractivity contribution is 0.344. The van der Waals surface area contributed by atoms with E-state index in [1.807, 2.05) is 6.92 Å². The number of fused-ring (bicyclic) bond motifs is 2. The number of nitrogens with zero attached hydrogens (tertiary/aromatic N) is 4. The van der Waals surface area contributed by atoms with Crippen LogP contribution in [0.25, 0.3) is 33.3 Å². The van der Waals surface area contributed by atoms with Crippen LogP contribution in [0, 0.1) is 18.3 Å². The third kappa shape index (κ3) is 3.17. The van der Waals surface area contributed by atoms with Crippen molar-refractivity contribution in [3.05, 3.63) is 66.0 Å². The standard InChI is InChI=1S/C24H19N5O4S/c1-14-4-6-16(7-5-14)34(30,31)29-20(10-17-15(12-25)8-9-26-23(17)29)18-13-27-19-11-21(32-2)24(33-3)28-22(18)19/h4-11,13,27H,1-3H3. The second kappa shape index (κ2) is 7.90. The fourth-order valence-electron chi connectivity index (χ4n) is 3.92. The van der Waals surface area contributed by atoms with E-state index in [0.29, 0.717) is 39.0 Å². The number of benzene rings is 1. The number of methoxy groups -OCH3 is 2. The second-order valence-corrected chi connectivity index (χ2v) is 9.40. The third-order valence-electron chi connectivity index (χ3n) is 5.61. The Kier molecular flexibility index (Phi) is 4.99. The number of nitriles is 1. The van der Waals surface area contributed by atoms with E-state index in [4.69, 9.17) is 9.47 Å². The topological polar surface area (TPSA) is 123 Å². The molecule has 0 radical (unpaired) electrons. The first-order valence-electron chi connectivity index (χ1n) is 10.2. The number of nitrogens with one attached hydrogen (secondary N) is 1. The molecule has 0 spiro atoms. The summed E-state index contributed by atoms with van der Waals surface area (Å²) in [5, 5.41) is 10.1. The summed E-state index contributed by atoms with van der Waals surface area (Å²) in [6.45, 7) is 1.88. The maximum atomic E-state index is 13.9. The minimum absolute atomic E-state index is 0.105. The zero-order valence-corrected chi connectivity index (χ0v) is 19.3. The molecule has 170 valence electrons. The summed E-state index contributed by atoms with van der Waals surface area (Å²) in [7, 11) is -1.08. The Labute approximate surface area is 195 Å². The highest BCUT2D eigenvalue weighted by molar-refractivity contribution is 7.90. The Morgan fingerprint density at radius 2 is 1.85 bits per heavy atom. The molecule has 0 bridgehead atoms. The lowest BCUT2D eigenvalue weighted by Gasteiger charge is -2.12. The Morgan fingerprint density at radius 3 is 2.53 bits per heavy atom. The van der Waals surface area contributed by atoms with E-state index < -0.39 is 10.0 Å². The van der Waals surface area contributed by atoms with Crippen LogP contribution in [0.3, 0.4) is 0 Å². The van der Waals surface area contributed by atoms with Crippen molar-refractivity contribution in [2.45, 2.75) is 11.8 Å². The van der Waals surface area contributed by atoms with E-state index in [9.17, 15) is 13.7 Å². The summed E-state index contributed by atoms with van der Waals surface area (Å²) in [5.41, 5.74) is 3.35. The van der Waals surface area contributed by atoms with Crippen molar-refractivity contribution in [3.8, 4) is 29.0 Å². The molecule has 0 amide bonds. The van der Waals surface area contributed by atoms with Crippen molar-refractivity contribution < 1.29 is 17.9 Å². The summed E-state index contributed by atoms with van der Waals surface area (Å²) < 4.78 is 39.6. The molecular formula is C24H19N5O4S. The smallest absolute Gasteiger partial charge is 0.269 e. The maximum Gasteiger partial charge on any atom is 0.269 e. The molecule has 9 nitrogen and oxygen atoms in total.